The summed E-state index contributed by atoms with van der Waals surface area (Å²) >= 11 is 0. The molecule has 0 unspecified atom stereocenters. The van der Waals surface area contributed by atoms with Crippen LogP contribution in [0.3, 0.4) is 0 Å². The summed E-state index contributed by atoms with van der Waals surface area (Å²) in [6, 6.07) is 0. The van der Waals surface area contributed by atoms with Gasteiger partial charge < -0.3 is 10.8 Å². The third kappa shape index (κ3) is 2.48. The Bertz CT molecular complexity index is 262. The highest BCUT2D eigenvalue weighted by Gasteiger charge is 2.06. The van der Waals surface area contributed by atoms with Crippen LogP contribution in [0.4, 0.5) is 0 Å². The van der Waals surface area contributed by atoms with Crippen molar-refractivity contribution in [3.8, 4) is 0 Å². The van der Waals surface area contributed by atoms with Crippen LogP contribution >= 0.6 is 12.4 Å². The van der Waals surface area contributed by atoms with E-state index in [0.717, 1.165) is 0 Å². The van der Waals surface area contributed by atoms with Gasteiger partial charge in [-0.05, 0) is 0 Å². The lowest BCUT2D eigenvalue weighted by molar-refractivity contribution is 0.0690. The summed E-state index contributed by atoms with van der Waals surface area (Å²) in [6.45, 7) is 0.905. The number of aromatic carboxylic acids is 1. The minimum Gasteiger partial charge on any atom is -0.476 e. The summed E-state index contributed by atoms with van der Waals surface area (Å²) in [5.41, 5.74) is 5.15. The second-order valence-electron chi connectivity index (χ2n) is 1.96. The Morgan fingerprint density at radius 2 is 2.42 bits per heavy atom. The van der Waals surface area contributed by atoms with Crippen molar-refractivity contribution in [2.75, 3.05) is 6.54 Å². The number of halogens is 1. The van der Waals surface area contributed by atoms with Crippen LogP contribution in [0.25, 0.3) is 0 Å². The van der Waals surface area contributed by atoms with Crippen LogP contribution in [0.15, 0.2) is 6.20 Å². The van der Waals surface area contributed by atoms with Gasteiger partial charge in [-0.25, -0.2) is 4.79 Å². The minimum atomic E-state index is -1.08. The molecule has 1 aromatic rings. The third-order valence-corrected chi connectivity index (χ3v) is 1.12. The Hall–Kier alpha value is -1.14. The fourth-order valence-electron chi connectivity index (χ4n) is 0.638. The minimum absolute atomic E-state index is 0. The van der Waals surface area contributed by atoms with E-state index in [-0.39, 0.29) is 18.1 Å². The number of rotatable bonds is 3. The quantitative estimate of drug-likeness (QED) is 0.664. The highest BCUT2D eigenvalue weighted by Crippen LogP contribution is 1.90. The van der Waals surface area contributed by atoms with Gasteiger partial charge in [-0.1, -0.05) is 5.21 Å². The molecule has 0 saturated heterocycles. The molecule has 12 heavy (non-hydrogen) atoms. The van der Waals surface area contributed by atoms with E-state index in [2.05, 4.69) is 10.3 Å². The zero-order chi connectivity index (χ0) is 8.27. The molecule has 0 radical (unpaired) electrons. The highest BCUT2D eigenvalue weighted by atomic mass is 35.5. The van der Waals surface area contributed by atoms with Crippen molar-refractivity contribution in [3.63, 3.8) is 0 Å². The Morgan fingerprint density at radius 3 is 2.83 bits per heavy atom. The molecule has 68 valence electrons. The number of aromatic nitrogens is 3. The third-order valence-electron chi connectivity index (χ3n) is 1.12. The molecule has 6 nitrogen and oxygen atoms in total. The second-order valence-corrected chi connectivity index (χ2v) is 1.96. The first-order valence-corrected chi connectivity index (χ1v) is 3.07. The molecule has 0 aromatic carbocycles. The molecule has 0 bridgehead atoms. The highest BCUT2D eigenvalue weighted by molar-refractivity contribution is 5.85. The van der Waals surface area contributed by atoms with Crippen LogP contribution in [-0.4, -0.2) is 32.6 Å². The molecule has 0 spiro atoms. The van der Waals surface area contributed by atoms with Crippen LogP contribution in [0, 0.1) is 0 Å². The molecular formula is C5H9ClN4O2. The molecular weight excluding hydrogens is 184 g/mol. The summed E-state index contributed by atoms with van der Waals surface area (Å²) < 4.78 is 1.39. The van der Waals surface area contributed by atoms with Gasteiger partial charge >= 0.3 is 5.97 Å². The lowest BCUT2D eigenvalue weighted by Crippen LogP contribution is -2.10. The lowest BCUT2D eigenvalue weighted by atomic mass is 10.5. The van der Waals surface area contributed by atoms with Gasteiger partial charge in [-0.3, -0.25) is 4.68 Å². The zero-order valence-electron chi connectivity index (χ0n) is 6.17. The Morgan fingerprint density at radius 1 is 1.75 bits per heavy atom. The van der Waals surface area contributed by atoms with E-state index in [4.69, 9.17) is 10.8 Å². The first-order chi connectivity index (χ1) is 5.24. The molecule has 7 heteroatoms. The molecule has 0 atom stereocenters. The van der Waals surface area contributed by atoms with Crippen LogP contribution < -0.4 is 5.73 Å². The summed E-state index contributed by atoms with van der Waals surface area (Å²) in [4.78, 5) is 10.3. The molecule has 0 aliphatic rings. The number of carboxylic acids is 1. The molecule has 0 saturated carbocycles. The van der Waals surface area contributed by atoms with E-state index in [1.807, 2.05) is 0 Å². The van der Waals surface area contributed by atoms with Crippen molar-refractivity contribution in [2.24, 2.45) is 5.73 Å². The molecule has 3 N–H and O–H groups in total. The molecule has 1 rings (SSSR count). The van der Waals surface area contributed by atoms with Gasteiger partial charge in [-0.15, -0.1) is 17.5 Å². The number of carbonyl (C=O) groups is 1. The molecule has 1 heterocycles. The molecule has 0 fully saturated rings. The monoisotopic (exact) mass is 192 g/mol. The van der Waals surface area contributed by atoms with E-state index in [9.17, 15) is 4.79 Å². The number of carboxylic acid groups (broad SMARTS) is 1. The fraction of sp³-hybridized carbons (Fsp3) is 0.400. The van der Waals surface area contributed by atoms with Crippen molar-refractivity contribution in [1.82, 2.24) is 15.0 Å². The normalized spacial score (nSPS) is 9.08. The van der Waals surface area contributed by atoms with Gasteiger partial charge in [0.2, 0.25) is 0 Å². The van der Waals surface area contributed by atoms with Crippen LogP contribution in [0.2, 0.25) is 0 Å². The predicted molar refractivity (Wildman–Crippen MR) is 43.3 cm³/mol. The zero-order valence-corrected chi connectivity index (χ0v) is 6.99. The average molecular weight is 193 g/mol. The largest absolute Gasteiger partial charge is 0.476 e. The topological polar surface area (TPSA) is 94.0 Å². The lowest BCUT2D eigenvalue weighted by Gasteiger charge is -1.91. The van der Waals surface area contributed by atoms with Gasteiger partial charge in [0.1, 0.15) is 0 Å². The summed E-state index contributed by atoms with van der Waals surface area (Å²) in [6.07, 6.45) is 1.34. The van der Waals surface area contributed by atoms with E-state index < -0.39 is 5.97 Å². The number of hydrogen-bond donors (Lipinski definition) is 2. The standard InChI is InChI=1S/C5H8N4O2.ClH/c6-1-2-9-3-4(5(10)11)7-8-9;/h3H,1-2,6H2,(H,10,11);1H. The van der Waals surface area contributed by atoms with Crippen LogP contribution in [0.5, 0.6) is 0 Å². The maximum absolute atomic E-state index is 10.3. The van der Waals surface area contributed by atoms with Crippen molar-refractivity contribution >= 4 is 18.4 Å². The van der Waals surface area contributed by atoms with E-state index >= 15 is 0 Å². The smallest absolute Gasteiger partial charge is 0.358 e. The molecule has 0 amide bonds. The summed E-state index contributed by atoms with van der Waals surface area (Å²) in [7, 11) is 0. The van der Waals surface area contributed by atoms with Crippen LogP contribution in [-0.2, 0) is 6.54 Å². The van der Waals surface area contributed by atoms with E-state index in [1.54, 1.807) is 0 Å². The van der Waals surface area contributed by atoms with Crippen molar-refractivity contribution in [2.45, 2.75) is 6.54 Å². The van der Waals surface area contributed by atoms with Crippen molar-refractivity contribution in [3.05, 3.63) is 11.9 Å². The van der Waals surface area contributed by atoms with Crippen LogP contribution in [0.1, 0.15) is 10.5 Å². The fourth-order valence-corrected chi connectivity index (χ4v) is 0.638. The summed E-state index contributed by atoms with van der Waals surface area (Å²) in [5, 5.41) is 15.3. The molecule has 1 aromatic heterocycles. The van der Waals surface area contributed by atoms with Gasteiger partial charge in [0, 0.05) is 6.54 Å². The molecule has 0 aliphatic heterocycles. The maximum Gasteiger partial charge on any atom is 0.358 e. The predicted octanol–water partition coefficient (Wildman–Crippen LogP) is -0.643. The van der Waals surface area contributed by atoms with Crippen molar-refractivity contribution in [1.29, 1.82) is 0 Å². The Balaban J connectivity index is 0.00000121. The Kier molecular flexibility index (Phi) is 4.24. The van der Waals surface area contributed by atoms with Gasteiger partial charge in [0.15, 0.2) is 5.69 Å². The number of nitrogens with zero attached hydrogens (tertiary/aromatic N) is 3. The number of nitrogens with two attached hydrogens (primary N) is 1. The first kappa shape index (κ1) is 10.9. The van der Waals surface area contributed by atoms with Gasteiger partial charge in [0.25, 0.3) is 0 Å². The van der Waals surface area contributed by atoms with Gasteiger partial charge in [0.05, 0.1) is 12.7 Å². The first-order valence-electron chi connectivity index (χ1n) is 3.07. The molecule has 0 aliphatic carbocycles. The average Bonchev–Trinajstić information content (AvgIpc) is 2.37. The van der Waals surface area contributed by atoms with Crippen molar-refractivity contribution < 1.29 is 9.90 Å². The SMILES string of the molecule is Cl.NCCn1cc(C(=O)O)nn1. The number of hydrogen-bond acceptors (Lipinski definition) is 4. The van der Waals surface area contributed by atoms with E-state index in [1.165, 1.54) is 10.9 Å². The maximum atomic E-state index is 10.3. The van der Waals surface area contributed by atoms with E-state index in [0.29, 0.717) is 13.1 Å². The second kappa shape index (κ2) is 4.68. The Labute approximate surface area is 74.8 Å². The van der Waals surface area contributed by atoms with Gasteiger partial charge in [-0.2, -0.15) is 0 Å². The summed E-state index contributed by atoms with van der Waals surface area (Å²) in [5.74, 6) is -1.08.